The molecule has 2 aromatic carbocycles. The first-order chi connectivity index (χ1) is 10.6. The summed E-state index contributed by atoms with van der Waals surface area (Å²) >= 11 is 6.32. The molecule has 3 rings (SSSR count). The van der Waals surface area contributed by atoms with Crippen LogP contribution in [0.1, 0.15) is 54.2 Å². The van der Waals surface area contributed by atoms with E-state index in [9.17, 15) is 5.11 Å². The molecule has 0 saturated carbocycles. The first-order valence-corrected chi connectivity index (χ1v) is 8.30. The summed E-state index contributed by atoms with van der Waals surface area (Å²) in [4.78, 5) is 0. The van der Waals surface area contributed by atoms with Crippen molar-refractivity contribution in [1.82, 2.24) is 5.32 Å². The van der Waals surface area contributed by atoms with Crippen LogP contribution < -0.4 is 5.32 Å². The van der Waals surface area contributed by atoms with Crippen molar-refractivity contribution in [3.8, 4) is 0 Å². The monoisotopic (exact) mass is 315 g/mol. The molecule has 2 atom stereocenters. The molecule has 0 bridgehead atoms. The second-order valence-corrected chi connectivity index (χ2v) is 6.46. The Bertz CT molecular complexity index is 636. The van der Waals surface area contributed by atoms with Gasteiger partial charge >= 0.3 is 0 Å². The Balaban J connectivity index is 1.69. The molecule has 0 saturated heterocycles. The minimum absolute atomic E-state index is 0.374. The van der Waals surface area contributed by atoms with Crippen molar-refractivity contribution in [2.24, 2.45) is 0 Å². The molecule has 0 aliphatic heterocycles. The van der Waals surface area contributed by atoms with Crippen molar-refractivity contribution in [3.63, 3.8) is 0 Å². The topological polar surface area (TPSA) is 32.3 Å². The summed E-state index contributed by atoms with van der Waals surface area (Å²) in [6.45, 7) is 2.62. The fourth-order valence-corrected chi connectivity index (χ4v) is 3.45. The first-order valence-electron chi connectivity index (χ1n) is 7.92. The van der Waals surface area contributed by atoms with Crippen LogP contribution in [0.5, 0.6) is 0 Å². The van der Waals surface area contributed by atoms with E-state index in [4.69, 9.17) is 11.6 Å². The van der Waals surface area contributed by atoms with Crippen molar-refractivity contribution < 1.29 is 5.11 Å². The van der Waals surface area contributed by atoms with Crippen LogP contribution in [0.4, 0.5) is 0 Å². The molecule has 2 N–H and O–H groups in total. The molecule has 116 valence electrons. The second-order valence-electron chi connectivity index (χ2n) is 6.05. The van der Waals surface area contributed by atoms with Crippen LogP contribution >= 0.6 is 11.6 Å². The fraction of sp³-hybridized carbons (Fsp3) is 0.368. The lowest BCUT2D eigenvalue weighted by Gasteiger charge is -2.27. The maximum Gasteiger partial charge on any atom is 0.0761 e. The molecule has 0 spiro atoms. The molecule has 0 fully saturated rings. The summed E-state index contributed by atoms with van der Waals surface area (Å²) < 4.78 is 0. The molecule has 22 heavy (non-hydrogen) atoms. The van der Waals surface area contributed by atoms with Gasteiger partial charge in [-0.1, -0.05) is 48.0 Å². The molecule has 2 nitrogen and oxygen atoms in total. The van der Waals surface area contributed by atoms with Gasteiger partial charge in [0.05, 0.1) is 6.10 Å². The Morgan fingerprint density at radius 3 is 2.73 bits per heavy atom. The molecule has 3 heteroatoms. The number of hydrogen-bond donors (Lipinski definition) is 2. The number of halogens is 1. The van der Waals surface area contributed by atoms with E-state index < -0.39 is 6.10 Å². The van der Waals surface area contributed by atoms with Crippen molar-refractivity contribution >= 4 is 11.6 Å². The lowest BCUT2D eigenvalue weighted by molar-refractivity contribution is 0.199. The van der Waals surface area contributed by atoms with Gasteiger partial charge in [-0.25, -0.2) is 0 Å². The summed E-state index contributed by atoms with van der Waals surface area (Å²) in [5.74, 6) is 0. The number of benzene rings is 2. The minimum Gasteiger partial charge on any atom is -0.389 e. The number of rotatable bonds is 4. The third-order valence-corrected chi connectivity index (χ3v) is 4.82. The normalized spacial score (nSPS) is 18.8. The molecule has 1 aliphatic rings. The van der Waals surface area contributed by atoms with Gasteiger partial charge in [-0.05, 0) is 54.5 Å². The van der Waals surface area contributed by atoms with Crippen LogP contribution in [0.25, 0.3) is 0 Å². The Morgan fingerprint density at radius 1 is 1.23 bits per heavy atom. The van der Waals surface area contributed by atoms with E-state index in [0.29, 0.717) is 6.04 Å². The summed E-state index contributed by atoms with van der Waals surface area (Å²) in [5.41, 5.74) is 4.84. The van der Waals surface area contributed by atoms with Crippen LogP contribution in [0.15, 0.2) is 42.5 Å². The van der Waals surface area contributed by atoms with Crippen LogP contribution in [-0.4, -0.2) is 5.11 Å². The maximum atomic E-state index is 9.56. The van der Waals surface area contributed by atoms with E-state index in [0.717, 1.165) is 30.0 Å². The predicted molar refractivity (Wildman–Crippen MR) is 91.0 cm³/mol. The third kappa shape index (κ3) is 3.35. The van der Waals surface area contributed by atoms with Gasteiger partial charge in [0.15, 0.2) is 0 Å². The minimum atomic E-state index is -0.408. The van der Waals surface area contributed by atoms with E-state index >= 15 is 0 Å². The van der Waals surface area contributed by atoms with Crippen molar-refractivity contribution in [1.29, 1.82) is 0 Å². The number of hydrogen-bond acceptors (Lipinski definition) is 2. The number of aliphatic hydroxyl groups excluding tert-OH is 1. The van der Waals surface area contributed by atoms with Crippen molar-refractivity contribution in [3.05, 3.63) is 69.7 Å². The van der Waals surface area contributed by atoms with E-state index in [1.165, 1.54) is 23.1 Å². The highest BCUT2D eigenvalue weighted by Crippen LogP contribution is 2.34. The van der Waals surface area contributed by atoms with Crippen molar-refractivity contribution in [2.45, 2.75) is 44.9 Å². The lowest BCUT2D eigenvalue weighted by atomic mass is 9.87. The summed E-state index contributed by atoms with van der Waals surface area (Å²) in [6.07, 6.45) is 3.00. The van der Waals surface area contributed by atoms with E-state index in [1.54, 1.807) is 6.92 Å². The standard InChI is InChI=1S/C19H22ClNO/c1-13(22)15-10-8-14(9-11-15)12-21-19-7-3-4-16-17(19)5-2-6-18(16)20/h2,5-6,8-11,13,19,21-22H,3-4,7,12H2,1H3. The average molecular weight is 316 g/mol. The molecule has 0 radical (unpaired) electrons. The van der Waals surface area contributed by atoms with Crippen molar-refractivity contribution in [2.75, 3.05) is 0 Å². The summed E-state index contributed by atoms with van der Waals surface area (Å²) in [6, 6.07) is 14.7. The van der Waals surface area contributed by atoms with E-state index in [2.05, 4.69) is 23.5 Å². The van der Waals surface area contributed by atoms with Gasteiger partial charge in [-0.3, -0.25) is 0 Å². The Labute approximate surface area is 137 Å². The second kappa shape index (κ2) is 6.82. The van der Waals surface area contributed by atoms with Crippen LogP contribution in [0.2, 0.25) is 5.02 Å². The molecule has 0 aromatic heterocycles. The molecule has 0 amide bonds. The summed E-state index contributed by atoms with van der Waals surface area (Å²) in [7, 11) is 0. The zero-order valence-electron chi connectivity index (χ0n) is 12.8. The molecule has 1 aliphatic carbocycles. The van der Waals surface area contributed by atoms with Gasteiger partial charge < -0.3 is 10.4 Å². The Morgan fingerprint density at radius 2 is 2.00 bits per heavy atom. The summed E-state index contributed by atoms with van der Waals surface area (Å²) in [5, 5.41) is 14.1. The largest absolute Gasteiger partial charge is 0.389 e. The molecule has 2 aromatic rings. The smallest absolute Gasteiger partial charge is 0.0761 e. The van der Waals surface area contributed by atoms with Crippen LogP contribution in [0.3, 0.4) is 0 Å². The molecular weight excluding hydrogens is 294 g/mol. The zero-order valence-corrected chi connectivity index (χ0v) is 13.6. The van der Waals surface area contributed by atoms with Gasteiger partial charge in [0.2, 0.25) is 0 Å². The van der Waals surface area contributed by atoms with Gasteiger partial charge in [0, 0.05) is 17.6 Å². The molecule has 0 heterocycles. The molecular formula is C19H22ClNO. The van der Waals surface area contributed by atoms with E-state index in [-0.39, 0.29) is 0 Å². The van der Waals surface area contributed by atoms with Crippen LogP contribution in [0, 0.1) is 0 Å². The predicted octanol–water partition coefficient (Wildman–Crippen LogP) is 4.56. The average Bonchev–Trinajstić information content (AvgIpc) is 2.54. The first kappa shape index (κ1) is 15.5. The van der Waals surface area contributed by atoms with E-state index in [1.807, 2.05) is 24.3 Å². The van der Waals surface area contributed by atoms with Gasteiger partial charge in [-0.2, -0.15) is 0 Å². The highest BCUT2D eigenvalue weighted by molar-refractivity contribution is 6.31. The highest BCUT2D eigenvalue weighted by atomic mass is 35.5. The maximum absolute atomic E-state index is 9.56. The number of aliphatic hydroxyl groups is 1. The van der Waals surface area contributed by atoms with Gasteiger partial charge in [0.25, 0.3) is 0 Å². The number of nitrogens with one attached hydrogen (secondary N) is 1. The SMILES string of the molecule is CC(O)c1ccc(CNC2CCCc3c(Cl)cccc32)cc1. The van der Waals surface area contributed by atoms with Gasteiger partial charge in [0.1, 0.15) is 0 Å². The quantitative estimate of drug-likeness (QED) is 0.867. The van der Waals surface area contributed by atoms with Gasteiger partial charge in [-0.15, -0.1) is 0 Å². The number of fused-ring (bicyclic) bond motifs is 1. The fourth-order valence-electron chi connectivity index (χ4n) is 3.17. The molecule has 2 unspecified atom stereocenters. The Kier molecular flexibility index (Phi) is 4.82. The third-order valence-electron chi connectivity index (χ3n) is 4.46. The zero-order chi connectivity index (χ0) is 15.5. The lowest BCUT2D eigenvalue weighted by Crippen LogP contribution is -2.25. The van der Waals surface area contributed by atoms with Crippen LogP contribution in [-0.2, 0) is 13.0 Å². The highest BCUT2D eigenvalue weighted by Gasteiger charge is 2.21. The Hall–Kier alpha value is -1.35.